The summed E-state index contributed by atoms with van der Waals surface area (Å²) in [5.74, 6) is 0.190. The molecule has 2 rings (SSSR count). The molecule has 1 saturated heterocycles. The summed E-state index contributed by atoms with van der Waals surface area (Å²) in [6, 6.07) is 6.85. The fraction of sp³-hybridized carbons (Fsp3) is 0.500. The van der Waals surface area contributed by atoms with E-state index >= 15 is 0 Å². The van der Waals surface area contributed by atoms with Crippen LogP contribution in [-0.2, 0) is 20.6 Å². The number of alkyl halides is 1. The standard InChI is InChI=1S/C12H16ClNO3S/c1-10-9-14(6-7-17-10)18(15,16)12-5-3-2-4-11(12)8-13/h2-5,10H,6-9H2,1H3. The molecule has 1 atom stereocenters. The highest BCUT2D eigenvalue weighted by molar-refractivity contribution is 7.89. The van der Waals surface area contributed by atoms with Crippen molar-refractivity contribution < 1.29 is 13.2 Å². The van der Waals surface area contributed by atoms with Crippen molar-refractivity contribution in [1.82, 2.24) is 4.31 Å². The number of halogens is 1. The summed E-state index contributed by atoms with van der Waals surface area (Å²) in [6.45, 7) is 3.08. The maximum Gasteiger partial charge on any atom is 0.243 e. The summed E-state index contributed by atoms with van der Waals surface area (Å²) in [4.78, 5) is 0.300. The third-order valence-electron chi connectivity index (χ3n) is 2.94. The quantitative estimate of drug-likeness (QED) is 0.798. The zero-order valence-corrected chi connectivity index (χ0v) is 11.7. The Morgan fingerprint density at radius 1 is 1.44 bits per heavy atom. The summed E-state index contributed by atoms with van der Waals surface area (Å²) in [7, 11) is -3.47. The van der Waals surface area contributed by atoms with Gasteiger partial charge in [-0.05, 0) is 18.6 Å². The van der Waals surface area contributed by atoms with E-state index in [9.17, 15) is 8.42 Å². The minimum Gasteiger partial charge on any atom is -0.376 e. The van der Waals surface area contributed by atoms with Crippen molar-refractivity contribution in [2.75, 3.05) is 19.7 Å². The lowest BCUT2D eigenvalue weighted by molar-refractivity contribution is 0.0102. The number of ether oxygens (including phenoxy) is 1. The Morgan fingerprint density at radius 2 is 2.17 bits per heavy atom. The average Bonchev–Trinajstić information content (AvgIpc) is 2.38. The van der Waals surface area contributed by atoms with Crippen molar-refractivity contribution >= 4 is 21.6 Å². The van der Waals surface area contributed by atoms with Crippen LogP contribution in [0.2, 0.25) is 0 Å². The number of sulfonamides is 1. The number of hydrogen-bond acceptors (Lipinski definition) is 3. The van der Waals surface area contributed by atoms with E-state index in [1.165, 1.54) is 4.31 Å². The Morgan fingerprint density at radius 3 is 2.83 bits per heavy atom. The first-order chi connectivity index (χ1) is 8.55. The van der Waals surface area contributed by atoms with Crippen molar-refractivity contribution in [1.29, 1.82) is 0 Å². The lowest BCUT2D eigenvalue weighted by Crippen LogP contribution is -2.44. The highest BCUT2D eigenvalue weighted by Gasteiger charge is 2.30. The van der Waals surface area contributed by atoms with Crippen LogP contribution >= 0.6 is 11.6 Å². The van der Waals surface area contributed by atoms with Gasteiger partial charge in [-0.25, -0.2) is 8.42 Å². The largest absolute Gasteiger partial charge is 0.376 e. The monoisotopic (exact) mass is 289 g/mol. The molecule has 1 heterocycles. The molecule has 0 aliphatic carbocycles. The normalized spacial score (nSPS) is 22.0. The Balaban J connectivity index is 2.35. The molecule has 6 heteroatoms. The van der Waals surface area contributed by atoms with Crippen molar-refractivity contribution in [2.24, 2.45) is 0 Å². The molecule has 0 N–H and O–H groups in total. The Kier molecular flexibility index (Phi) is 4.27. The summed E-state index contributed by atoms with van der Waals surface area (Å²) in [6.07, 6.45) is -0.0725. The minimum atomic E-state index is -3.47. The van der Waals surface area contributed by atoms with E-state index in [2.05, 4.69) is 0 Å². The first-order valence-electron chi connectivity index (χ1n) is 5.81. The number of benzene rings is 1. The van der Waals surface area contributed by atoms with Gasteiger partial charge in [0.2, 0.25) is 10.0 Å². The second-order valence-corrected chi connectivity index (χ2v) is 6.46. The van der Waals surface area contributed by atoms with Crippen molar-refractivity contribution in [2.45, 2.75) is 23.8 Å². The zero-order chi connectivity index (χ0) is 13.2. The molecule has 1 fully saturated rings. The molecular formula is C12H16ClNO3S. The molecular weight excluding hydrogens is 274 g/mol. The van der Waals surface area contributed by atoms with Gasteiger partial charge < -0.3 is 4.74 Å². The zero-order valence-electron chi connectivity index (χ0n) is 10.2. The summed E-state index contributed by atoms with van der Waals surface area (Å²) >= 11 is 5.80. The average molecular weight is 290 g/mol. The third kappa shape index (κ3) is 2.69. The highest BCUT2D eigenvalue weighted by Crippen LogP contribution is 2.23. The van der Waals surface area contributed by atoms with E-state index in [1.54, 1.807) is 24.3 Å². The number of nitrogens with zero attached hydrogens (tertiary/aromatic N) is 1. The minimum absolute atomic E-state index is 0.0725. The fourth-order valence-electron chi connectivity index (χ4n) is 2.01. The van der Waals surface area contributed by atoms with Gasteiger partial charge in [0.1, 0.15) is 0 Å². The van der Waals surface area contributed by atoms with Crippen molar-refractivity contribution in [3.63, 3.8) is 0 Å². The van der Waals surface area contributed by atoms with Gasteiger partial charge in [0.25, 0.3) is 0 Å². The van der Waals surface area contributed by atoms with E-state index in [-0.39, 0.29) is 12.0 Å². The smallest absolute Gasteiger partial charge is 0.243 e. The SMILES string of the molecule is CC1CN(S(=O)(=O)c2ccccc2CCl)CCO1. The van der Waals surface area contributed by atoms with Crippen molar-refractivity contribution in [3.05, 3.63) is 29.8 Å². The third-order valence-corrected chi connectivity index (χ3v) is 5.19. The van der Waals surface area contributed by atoms with E-state index in [0.29, 0.717) is 30.2 Å². The summed E-state index contributed by atoms with van der Waals surface area (Å²) in [5.41, 5.74) is 0.637. The molecule has 0 aromatic heterocycles. The van der Waals surface area contributed by atoms with Gasteiger partial charge in [-0.15, -0.1) is 11.6 Å². The van der Waals surface area contributed by atoms with Gasteiger partial charge in [-0.1, -0.05) is 18.2 Å². The first kappa shape index (κ1) is 13.8. The molecule has 1 aromatic carbocycles. The molecule has 0 bridgehead atoms. The van der Waals surface area contributed by atoms with Crippen LogP contribution in [0.3, 0.4) is 0 Å². The van der Waals surface area contributed by atoms with Crippen LogP contribution in [0.4, 0.5) is 0 Å². The molecule has 0 radical (unpaired) electrons. The maximum atomic E-state index is 12.5. The van der Waals surface area contributed by atoms with Gasteiger partial charge >= 0.3 is 0 Å². The van der Waals surface area contributed by atoms with E-state index in [4.69, 9.17) is 16.3 Å². The Hall–Kier alpha value is -0.620. The molecule has 0 saturated carbocycles. The molecule has 0 spiro atoms. The Labute approximate surface area is 113 Å². The van der Waals surface area contributed by atoms with Crippen LogP contribution in [0, 0.1) is 0 Å². The first-order valence-corrected chi connectivity index (χ1v) is 7.79. The number of rotatable bonds is 3. The summed E-state index contributed by atoms with van der Waals surface area (Å²) < 4.78 is 31.9. The lowest BCUT2D eigenvalue weighted by atomic mass is 10.2. The van der Waals surface area contributed by atoms with Crippen LogP contribution in [0.5, 0.6) is 0 Å². The number of morpholine rings is 1. The summed E-state index contributed by atoms with van der Waals surface area (Å²) in [5, 5.41) is 0. The van der Waals surface area contributed by atoms with Gasteiger partial charge in [-0.2, -0.15) is 4.31 Å². The molecule has 1 unspecified atom stereocenters. The van der Waals surface area contributed by atoms with E-state index < -0.39 is 10.0 Å². The van der Waals surface area contributed by atoms with Crippen LogP contribution in [0.25, 0.3) is 0 Å². The van der Waals surface area contributed by atoms with Crippen LogP contribution in [0.1, 0.15) is 12.5 Å². The van der Waals surface area contributed by atoms with Gasteiger partial charge in [0.05, 0.1) is 17.6 Å². The van der Waals surface area contributed by atoms with Gasteiger partial charge in [0.15, 0.2) is 0 Å². The fourth-order valence-corrected chi connectivity index (χ4v) is 4.04. The van der Waals surface area contributed by atoms with Crippen LogP contribution in [0.15, 0.2) is 29.2 Å². The second-order valence-electron chi connectivity index (χ2n) is 4.29. The molecule has 1 aliphatic rings. The molecule has 1 aromatic rings. The van der Waals surface area contributed by atoms with Crippen LogP contribution in [-0.4, -0.2) is 38.5 Å². The van der Waals surface area contributed by atoms with Gasteiger partial charge in [-0.3, -0.25) is 0 Å². The maximum absolute atomic E-state index is 12.5. The second kappa shape index (κ2) is 5.57. The van der Waals surface area contributed by atoms with E-state index in [0.717, 1.165) is 0 Å². The van der Waals surface area contributed by atoms with Crippen molar-refractivity contribution in [3.8, 4) is 0 Å². The van der Waals surface area contributed by atoms with E-state index in [1.807, 2.05) is 6.92 Å². The molecule has 100 valence electrons. The lowest BCUT2D eigenvalue weighted by Gasteiger charge is -2.30. The highest BCUT2D eigenvalue weighted by atomic mass is 35.5. The predicted molar refractivity (Wildman–Crippen MR) is 70.2 cm³/mol. The number of hydrogen-bond donors (Lipinski definition) is 0. The molecule has 18 heavy (non-hydrogen) atoms. The molecule has 0 amide bonds. The molecule has 4 nitrogen and oxygen atoms in total. The van der Waals surface area contributed by atoms with Gasteiger partial charge in [0, 0.05) is 19.0 Å². The topological polar surface area (TPSA) is 46.6 Å². The Bertz CT molecular complexity index is 518. The molecule has 1 aliphatic heterocycles. The predicted octanol–water partition coefficient (Wildman–Crippen LogP) is 1.83. The van der Waals surface area contributed by atoms with Crippen LogP contribution < -0.4 is 0 Å².